The van der Waals surface area contributed by atoms with Crippen molar-refractivity contribution in [3.05, 3.63) is 39.4 Å². The van der Waals surface area contributed by atoms with E-state index in [2.05, 4.69) is 22.9 Å². The maximum absolute atomic E-state index is 12.6. The van der Waals surface area contributed by atoms with Crippen molar-refractivity contribution in [1.82, 2.24) is 4.90 Å². The maximum Gasteiger partial charge on any atom is 0.270 e. The monoisotopic (exact) mass is 354 g/mol. The third kappa shape index (κ3) is 3.61. The van der Waals surface area contributed by atoms with E-state index in [1.807, 2.05) is 6.92 Å². The van der Waals surface area contributed by atoms with E-state index in [4.69, 9.17) is 0 Å². The maximum atomic E-state index is 12.6. The van der Waals surface area contributed by atoms with Crippen LogP contribution >= 0.6 is 15.9 Å². The number of piperidine rings is 1. The third-order valence-corrected chi connectivity index (χ3v) is 4.89. The number of aryl methyl sites for hydroxylation is 1. The Labute approximate surface area is 132 Å². The minimum atomic E-state index is -0.463. The molecular formula is C15H19BrN2O3. The molecule has 0 N–H and O–H groups in total. The molecule has 0 bridgehead atoms. The number of carbonyl (C=O) groups is 1. The standard InChI is InChI=1S/C15H19BrN2O3/c1-10-3-4-13(18(20)21)9-14(10)15(19)17-7-5-12(6-8-17)11(2)16/h3-4,9,11-12H,5-8H2,1-2H3. The summed E-state index contributed by atoms with van der Waals surface area (Å²) in [4.78, 5) is 25.2. The molecule has 0 aromatic heterocycles. The zero-order valence-corrected chi connectivity index (χ0v) is 13.8. The second kappa shape index (κ2) is 6.56. The highest BCUT2D eigenvalue weighted by Crippen LogP contribution is 2.27. The lowest BCUT2D eigenvalue weighted by Gasteiger charge is -2.33. The molecule has 6 heteroatoms. The van der Waals surface area contributed by atoms with Gasteiger partial charge in [-0.2, -0.15) is 0 Å². The summed E-state index contributed by atoms with van der Waals surface area (Å²) in [5.74, 6) is 0.483. The number of nitro benzene ring substituents is 1. The summed E-state index contributed by atoms with van der Waals surface area (Å²) in [6.45, 7) is 5.36. The number of alkyl halides is 1. The molecule has 1 aromatic carbocycles. The van der Waals surface area contributed by atoms with Crippen molar-refractivity contribution in [3.63, 3.8) is 0 Å². The first-order chi connectivity index (χ1) is 9.90. The summed E-state index contributed by atoms with van der Waals surface area (Å²) < 4.78 is 0. The van der Waals surface area contributed by atoms with Gasteiger partial charge in [0.1, 0.15) is 0 Å². The summed E-state index contributed by atoms with van der Waals surface area (Å²) in [5, 5.41) is 10.9. The number of halogens is 1. The highest BCUT2D eigenvalue weighted by atomic mass is 79.9. The fraction of sp³-hybridized carbons (Fsp3) is 0.533. The normalized spacial score (nSPS) is 17.6. The molecule has 1 atom stereocenters. The number of likely N-dealkylation sites (tertiary alicyclic amines) is 1. The van der Waals surface area contributed by atoms with Gasteiger partial charge in [-0.15, -0.1) is 0 Å². The van der Waals surface area contributed by atoms with Gasteiger partial charge >= 0.3 is 0 Å². The first-order valence-electron chi connectivity index (χ1n) is 7.08. The van der Waals surface area contributed by atoms with E-state index in [-0.39, 0.29) is 11.6 Å². The first-order valence-corrected chi connectivity index (χ1v) is 8.00. The van der Waals surface area contributed by atoms with Crippen LogP contribution in [0.1, 0.15) is 35.7 Å². The van der Waals surface area contributed by atoms with E-state index in [1.165, 1.54) is 12.1 Å². The molecule has 1 aromatic rings. The van der Waals surface area contributed by atoms with Gasteiger partial charge in [-0.3, -0.25) is 14.9 Å². The van der Waals surface area contributed by atoms with E-state index in [1.54, 1.807) is 11.0 Å². The Balaban J connectivity index is 2.14. The van der Waals surface area contributed by atoms with Gasteiger partial charge in [0.2, 0.25) is 0 Å². The van der Waals surface area contributed by atoms with Crippen LogP contribution in [0.5, 0.6) is 0 Å². The topological polar surface area (TPSA) is 63.5 Å². The Kier molecular flexibility index (Phi) is 4.98. The summed E-state index contributed by atoms with van der Waals surface area (Å²) >= 11 is 3.60. The Hall–Kier alpha value is -1.43. The van der Waals surface area contributed by atoms with Crippen LogP contribution in [0.4, 0.5) is 5.69 Å². The molecule has 1 saturated heterocycles. The van der Waals surface area contributed by atoms with Crippen molar-refractivity contribution < 1.29 is 9.72 Å². The van der Waals surface area contributed by atoms with Crippen LogP contribution < -0.4 is 0 Å². The number of non-ortho nitro benzene ring substituents is 1. The molecule has 21 heavy (non-hydrogen) atoms. The van der Waals surface area contributed by atoms with E-state index in [9.17, 15) is 14.9 Å². The summed E-state index contributed by atoms with van der Waals surface area (Å²) in [7, 11) is 0. The molecule has 1 fully saturated rings. The van der Waals surface area contributed by atoms with Crippen molar-refractivity contribution in [2.45, 2.75) is 31.5 Å². The fourth-order valence-corrected chi connectivity index (χ4v) is 3.21. The average Bonchev–Trinajstić information content (AvgIpc) is 2.47. The number of amides is 1. The van der Waals surface area contributed by atoms with Crippen molar-refractivity contribution in [3.8, 4) is 0 Å². The Morgan fingerprint density at radius 2 is 2.05 bits per heavy atom. The van der Waals surface area contributed by atoms with Gasteiger partial charge in [0.05, 0.1) is 4.92 Å². The SMILES string of the molecule is Cc1ccc([N+](=O)[O-])cc1C(=O)N1CCC(C(C)Br)CC1. The van der Waals surface area contributed by atoms with Gasteiger partial charge in [-0.1, -0.05) is 28.9 Å². The number of nitro groups is 1. The summed E-state index contributed by atoms with van der Waals surface area (Å²) in [5.41, 5.74) is 1.18. The molecule has 0 spiro atoms. The lowest BCUT2D eigenvalue weighted by molar-refractivity contribution is -0.384. The fourth-order valence-electron chi connectivity index (χ4n) is 2.69. The molecule has 2 rings (SSSR count). The van der Waals surface area contributed by atoms with E-state index in [0.29, 0.717) is 29.4 Å². The number of nitrogens with zero attached hydrogens (tertiary/aromatic N) is 2. The van der Waals surface area contributed by atoms with Crippen molar-refractivity contribution >= 4 is 27.5 Å². The molecule has 0 aliphatic carbocycles. The third-order valence-electron chi connectivity index (χ3n) is 4.14. The summed E-state index contributed by atoms with van der Waals surface area (Å²) in [6, 6.07) is 4.46. The lowest BCUT2D eigenvalue weighted by Crippen LogP contribution is -2.40. The highest BCUT2D eigenvalue weighted by molar-refractivity contribution is 9.09. The lowest BCUT2D eigenvalue weighted by atomic mass is 9.93. The van der Waals surface area contributed by atoms with Gasteiger partial charge in [0, 0.05) is 35.6 Å². The van der Waals surface area contributed by atoms with Crippen LogP contribution in [-0.4, -0.2) is 33.6 Å². The number of rotatable bonds is 3. The number of benzene rings is 1. The van der Waals surface area contributed by atoms with Gasteiger partial charge in [-0.25, -0.2) is 0 Å². The Morgan fingerprint density at radius 3 is 2.57 bits per heavy atom. The van der Waals surface area contributed by atoms with Crippen molar-refractivity contribution in [2.75, 3.05) is 13.1 Å². The molecule has 0 saturated carbocycles. The smallest absolute Gasteiger partial charge is 0.270 e. The zero-order chi connectivity index (χ0) is 15.6. The van der Waals surface area contributed by atoms with E-state index >= 15 is 0 Å². The molecule has 1 unspecified atom stereocenters. The van der Waals surface area contributed by atoms with Gasteiger partial charge in [-0.05, 0) is 31.2 Å². The second-order valence-corrected chi connectivity index (χ2v) is 7.01. The Morgan fingerprint density at radius 1 is 1.43 bits per heavy atom. The quantitative estimate of drug-likeness (QED) is 0.473. The molecule has 5 nitrogen and oxygen atoms in total. The highest BCUT2D eigenvalue weighted by Gasteiger charge is 2.27. The number of hydrogen-bond acceptors (Lipinski definition) is 3. The van der Waals surface area contributed by atoms with Gasteiger partial charge in [0.25, 0.3) is 11.6 Å². The zero-order valence-electron chi connectivity index (χ0n) is 12.2. The van der Waals surface area contributed by atoms with Crippen LogP contribution in [0, 0.1) is 23.0 Å². The largest absolute Gasteiger partial charge is 0.339 e. The predicted octanol–water partition coefficient (Wildman–Crippen LogP) is 3.54. The summed E-state index contributed by atoms with van der Waals surface area (Å²) in [6.07, 6.45) is 1.93. The number of hydrogen-bond donors (Lipinski definition) is 0. The van der Waals surface area contributed by atoms with E-state index in [0.717, 1.165) is 18.4 Å². The molecule has 1 heterocycles. The molecule has 1 aliphatic heterocycles. The predicted molar refractivity (Wildman–Crippen MR) is 84.8 cm³/mol. The van der Waals surface area contributed by atoms with Gasteiger partial charge < -0.3 is 4.90 Å². The molecule has 1 aliphatic rings. The van der Waals surface area contributed by atoms with E-state index < -0.39 is 4.92 Å². The van der Waals surface area contributed by atoms with Crippen LogP contribution in [0.3, 0.4) is 0 Å². The molecular weight excluding hydrogens is 336 g/mol. The molecule has 0 radical (unpaired) electrons. The average molecular weight is 355 g/mol. The first kappa shape index (κ1) is 15.9. The van der Waals surface area contributed by atoms with Crippen LogP contribution in [0.15, 0.2) is 18.2 Å². The Bertz CT molecular complexity index is 552. The van der Waals surface area contributed by atoms with Crippen molar-refractivity contribution in [2.24, 2.45) is 5.92 Å². The van der Waals surface area contributed by atoms with Gasteiger partial charge in [0.15, 0.2) is 0 Å². The second-order valence-electron chi connectivity index (χ2n) is 5.56. The van der Waals surface area contributed by atoms with Crippen molar-refractivity contribution in [1.29, 1.82) is 0 Å². The molecule has 114 valence electrons. The minimum absolute atomic E-state index is 0.0343. The van der Waals surface area contributed by atoms with Crippen LogP contribution in [0.25, 0.3) is 0 Å². The molecule has 1 amide bonds. The minimum Gasteiger partial charge on any atom is -0.339 e. The van der Waals surface area contributed by atoms with Crippen LogP contribution in [-0.2, 0) is 0 Å². The number of carbonyl (C=O) groups excluding carboxylic acids is 1. The van der Waals surface area contributed by atoms with Crippen LogP contribution in [0.2, 0.25) is 0 Å².